The molecule has 0 aliphatic heterocycles. The van der Waals surface area contributed by atoms with Gasteiger partial charge in [-0.25, -0.2) is 0 Å². The Bertz CT molecular complexity index is 327. The average molecular weight is 250 g/mol. The molecular weight excluding hydrogens is 234 g/mol. The molecule has 0 amide bonds. The van der Waals surface area contributed by atoms with Gasteiger partial charge < -0.3 is 4.90 Å². The van der Waals surface area contributed by atoms with Crippen LogP contribution in [0.4, 0.5) is 0 Å². The predicted molar refractivity (Wildman–Crippen MR) is 64.8 cm³/mol. The number of rotatable bonds is 5. The molecule has 0 bridgehead atoms. The van der Waals surface area contributed by atoms with Gasteiger partial charge in [-0.05, 0) is 32.3 Å². The van der Waals surface area contributed by atoms with Crippen molar-refractivity contribution in [2.45, 2.75) is 24.9 Å². The van der Waals surface area contributed by atoms with Gasteiger partial charge in [0, 0.05) is 0 Å². The van der Waals surface area contributed by atoms with Crippen molar-refractivity contribution in [1.29, 1.82) is 0 Å². The van der Waals surface area contributed by atoms with E-state index in [1.165, 1.54) is 4.90 Å². The molecule has 0 aliphatic rings. The van der Waals surface area contributed by atoms with Crippen molar-refractivity contribution in [2.24, 2.45) is 0 Å². The number of aromatic nitrogens is 2. The first-order chi connectivity index (χ1) is 6.71. The third-order valence-corrected chi connectivity index (χ3v) is 4.42. The Hall–Kier alpha value is 0.0900. The fourth-order valence-corrected chi connectivity index (χ4v) is 2.91. The van der Waals surface area contributed by atoms with Crippen LogP contribution in [0.25, 0.3) is 0 Å². The summed E-state index contributed by atoms with van der Waals surface area (Å²) in [5.41, 5.74) is 0. The number of thioether (sulfide) groups is 1. The quantitative estimate of drug-likeness (QED) is 0.629. The molecule has 0 spiro atoms. The van der Waals surface area contributed by atoms with Crippen LogP contribution in [0.1, 0.15) is 13.8 Å². The molecule has 0 fully saturated rings. The summed E-state index contributed by atoms with van der Waals surface area (Å²) in [4.78, 5) is 1.50. The zero-order valence-electron chi connectivity index (χ0n) is 8.74. The largest absolute Gasteiger partial charge is 0.317 e. The standard InChI is InChI=1S/C8H15N3S3/c1-4-10(5-2)6-11-8(12)14-7(9-11)13-3/h4-6H2,1-3H3/p+1. The highest BCUT2D eigenvalue weighted by atomic mass is 32.2. The second-order valence-electron chi connectivity index (χ2n) is 2.95. The highest BCUT2D eigenvalue weighted by Crippen LogP contribution is 2.18. The summed E-state index contributed by atoms with van der Waals surface area (Å²) >= 11 is 8.50. The average Bonchev–Trinajstić information content (AvgIpc) is 2.56. The van der Waals surface area contributed by atoms with E-state index in [2.05, 4.69) is 18.9 Å². The minimum Gasteiger partial charge on any atom is -0.317 e. The lowest BCUT2D eigenvalue weighted by Crippen LogP contribution is -3.10. The lowest BCUT2D eigenvalue weighted by Gasteiger charge is -2.14. The van der Waals surface area contributed by atoms with Gasteiger partial charge >= 0.3 is 0 Å². The number of nitrogens with one attached hydrogen (secondary N) is 1. The molecule has 0 saturated carbocycles. The third kappa shape index (κ3) is 3.05. The van der Waals surface area contributed by atoms with Gasteiger partial charge in [-0.3, -0.25) is 0 Å². The van der Waals surface area contributed by atoms with Crippen LogP contribution in [0.2, 0.25) is 0 Å². The van der Waals surface area contributed by atoms with Crippen LogP contribution in [0, 0.1) is 3.95 Å². The molecule has 6 heteroatoms. The summed E-state index contributed by atoms with van der Waals surface area (Å²) in [6.45, 7) is 7.49. The molecule has 14 heavy (non-hydrogen) atoms. The second kappa shape index (κ2) is 5.85. The fourth-order valence-electron chi connectivity index (χ4n) is 1.15. The minimum absolute atomic E-state index is 0.883. The molecule has 3 nitrogen and oxygen atoms in total. The highest BCUT2D eigenvalue weighted by molar-refractivity contribution is 8.00. The number of quaternary nitrogens is 1. The van der Waals surface area contributed by atoms with E-state index in [-0.39, 0.29) is 0 Å². The highest BCUT2D eigenvalue weighted by Gasteiger charge is 2.07. The summed E-state index contributed by atoms with van der Waals surface area (Å²) < 4.78 is 3.88. The SMILES string of the molecule is CC[NH+](CC)Cn1nc(SC)sc1=S. The van der Waals surface area contributed by atoms with E-state index in [0.717, 1.165) is 28.1 Å². The molecule has 0 aromatic carbocycles. The Morgan fingerprint density at radius 1 is 1.50 bits per heavy atom. The van der Waals surface area contributed by atoms with Crippen molar-refractivity contribution in [1.82, 2.24) is 9.78 Å². The summed E-state index contributed by atoms with van der Waals surface area (Å²) in [6.07, 6.45) is 2.03. The fraction of sp³-hybridized carbons (Fsp3) is 0.750. The van der Waals surface area contributed by atoms with Crippen molar-refractivity contribution in [3.8, 4) is 0 Å². The Labute approximate surface area is 98.1 Å². The maximum absolute atomic E-state index is 5.25. The van der Waals surface area contributed by atoms with E-state index in [1.807, 2.05) is 10.9 Å². The van der Waals surface area contributed by atoms with Crippen molar-refractivity contribution in [2.75, 3.05) is 19.3 Å². The molecule has 0 saturated heterocycles. The molecule has 0 unspecified atom stereocenters. The smallest absolute Gasteiger partial charge is 0.185 e. The van der Waals surface area contributed by atoms with Gasteiger partial charge in [0.15, 0.2) is 15.0 Å². The molecular formula is C8H16N3S3+. The van der Waals surface area contributed by atoms with Gasteiger partial charge in [0.1, 0.15) is 0 Å². The maximum Gasteiger partial charge on any atom is 0.185 e. The molecule has 0 aliphatic carbocycles. The minimum atomic E-state index is 0.883. The second-order valence-corrected chi connectivity index (χ2v) is 5.63. The number of hydrogen-bond donors (Lipinski definition) is 1. The number of hydrogen-bond acceptors (Lipinski definition) is 4. The van der Waals surface area contributed by atoms with E-state index < -0.39 is 0 Å². The lowest BCUT2D eigenvalue weighted by atomic mass is 10.5. The van der Waals surface area contributed by atoms with Gasteiger partial charge in [0.2, 0.25) is 0 Å². The van der Waals surface area contributed by atoms with Gasteiger partial charge in [0.05, 0.1) is 13.1 Å². The van der Waals surface area contributed by atoms with Crippen LogP contribution in [0.3, 0.4) is 0 Å². The summed E-state index contributed by atoms with van der Waals surface area (Å²) in [5, 5.41) is 4.44. The summed E-state index contributed by atoms with van der Waals surface area (Å²) in [5.74, 6) is 0. The van der Waals surface area contributed by atoms with Crippen LogP contribution in [-0.4, -0.2) is 29.1 Å². The topological polar surface area (TPSA) is 22.3 Å². The van der Waals surface area contributed by atoms with Gasteiger partial charge in [-0.1, -0.05) is 23.1 Å². The van der Waals surface area contributed by atoms with Crippen LogP contribution >= 0.6 is 35.3 Å². The molecule has 80 valence electrons. The van der Waals surface area contributed by atoms with Gasteiger partial charge in [-0.15, -0.1) is 5.10 Å². The molecule has 1 aromatic heterocycles. The van der Waals surface area contributed by atoms with E-state index in [0.29, 0.717) is 0 Å². The summed E-state index contributed by atoms with van der Waals surface area (Å²) in [6, 6.07) is 0. The predicted octanol–water partition coefficient (Wildman–Crippen LogP) is 1.28. The molecule has 1 rings (SSSR count). The zero-order chi connectivity index (χ0) is 10.6. The monoisotopic (exact) mass is 250 g/mol. The van der Waals surface area contributed by atoms with Crippen molar-refractivity contribution in [3.05, 3.63) is 3.95 Å². The molecule has 1 heterocycles. The van der Waals surface area contributed by atoms with E-state index in [4.69, 9.17) is 12.2 Å². The normalized spacial score (nSPS) is 11.1. The van der Waals surface area contributed by atoms with Gasteiger partial charge in [0.25, 0.3) is 0 Å². The third-order valence-electron chi connectivity index (χ3n) is 2.14. The Morgan fingerprint density at radius 3 is 2.57 bits per heavy atom. The van der Waals surface area contributed by atoms with Crippen molar-refractivity contribution in [3.63, 3.8) is 0 Å². The first kappa shape index (κ1) is 12.2. The van der Waals surface area contributed by atoms with Crippen LogP contribution in [0.15, 0.2) is 4.34 Å². The molecule has 1 N–H and O–H groups in total. The Morgan fingerprint density at radius 2 is 2.14 bits per heavy atom. The van der Waals surface area contributed by atoms with Crippen LogP contribution in [-0.2, 0) is 6.67 Å². The molecule has 0 radical (unpaired) electrons. The van der Waals surface area contributed by atoms with Crippen LogP contribution in [0.5, 0.6) is 0 Å². The summed E-state index contributed by atoms with van der Waals surface area (Å²) in [7, 11) is 0. The zero-order valence-corrected chi connectivity index (χ0v) is 11.2. The molecule has 0 atom stereocenters. The first-order valence-electron chi connectivity index (χ1n) is 4.66. The number of nitrogens with zero attached hydrogens (tertiary/aromatic N) is 2. The molecule has 1 aromatic rings. The first-order valence-corrected chi connectivity index (χ1v) is 7.11. The lowest BCUT2D eigenvalue weighted by molar-refractivity contribution is -0.920. The van der Waals surface area contributed by atoms with E-state index in [9.17, 15) is 0 Å². The van der Waals surface area contributed by atoms with Gasteiger partial charge in [-0.2, -0.15) is 4.68 Å². The van der Waals surface area contributed by atoms with Crippen molar-refractivity contribution >= 4 is 35.3 Å². The Balaban J connectivity index is 2.75. The maximum atomic E-state index is 5.25. The Kier molecular flexibility index (Phi) is 5.08. The van der Waals surface area contributed by atoms with Crippen molar-refractivity contribution < 1.29 is 4.90 Å². The van der Waals surface area contributed by atoms with Crippen LogP contribution < -0.4 is 4.90 Å². The van der Waals surface area contributed by atoms with E-state index >= 15 is 0 Å². The van der Waals surface area contributed by atoms with E-state index in [1.54, 1.807) is 23.1 Å².